The average molecular weight is 329 g/mol. The van der Waals surface area contributed by atoms with E-state index in [-0.39, 0.29) is 17.5 Å². The minimum atomic E-state index is -0.193. The van der Waals surface area contributed by atoms with E-state index in [0.717, 1.165) is 23.0 Å². The average Bonchev–Trinajstić information content (AvgIpc) is 2.72. The molecular formula is C15H24N2O2S2. The highest BCUT2D eigenvalue weighted by Crippen LogP contribution is 2.45. The van der Waals surface area contributed by atoms with Crippen LogP contribution >= 0.6 is 23.1 Å². The number of nitrogen functional groups attached to an aromatic ring is 1. The minimum Gasteiger partial charge on any atom is -0.396 e. The summed E-state index contributed by atoms with van der Waals surface area (Å²) in [4.78, 5) is 16.1. The zero-order valence-corrected chi connectivity index (χ0v) is 15.0. The molecule has 1 atom stereocenters. The van der Waals surface area contributed by atoms with Crippen LogP contribution in [0.15, 0.2) is 4.90 Å². The van der Waals surface area contributed by atoms with Crippen LogP contribution in [0.25, 0.3) is 0 Å². The van der Waals surface area contributed by atoms with E-state index in [1.54, 1.807) is 11.8 Å². The number of morpholine rings is 1. The molecule has 0 spiro atoms. The summed E-state index contributed by atoms with van der Waals surface area (Å²) in [6.45, 7) is 9.80. The number of nitrogens with two attached hydrogens (primary N) is 1. The Bertz CT molecular complexity index is 540. The second kappa shape index (κ2) is 6.18. The zero-order valence-electron chi connectivity index (χ0n) is 13.4. The van der Waals surface area contributed by atoms with Crippen molar-refractivity contribution in [1.82, 2.24) is 0 Å². The van der Waals surface area contributed by atoms with Crippen molar-refractivity contribution in [3.63, 3.8) is 0 Å². The summed E-state index contributed by atoms with van der Waals surface area (Å²) in [6, 6.07) is 0. The van der Waals surface area contributed by atoms with Gasteiger partial charge in [0.1, 0.15) is 5.00 Å². The highest BCUT2D eigenvalue weighted by molar-refractivity contribution is 7.99. The van der Waals surface area contributed by atoms with Gasteiger partial charge in [-0.1, -0.05) is 6.92 Å². The molecule has 2 rings (SSSR count). The highest BCUT2D eigenvalue weighted by atomic mass is 32.2. The lowest BCUT2D eigenvalue weighted by molar-refractivity contribution is -0.0749. The number of Topliss-reactive ketones (excluding diaryl/α,β-unsaturated/α-hetero) is 1. The Morgan fingerprint density at radius 3 is 2.76 bits per heavy atom. The maximum Gasteiger partial charge on any atom is 0.174 e. The minimum absolute atomic E-state index is 0.125. The van der Waals surface area contributed by atoms with E-state index in [1.165, 1.54) is 11.3 Å². The summed E-state index contributed by atoms with van der Waals surface area (Å²) in [5.41, 5.74) is 6.66. The number of thiophene rings is 1. The topological polar surface area (TPSA) is 55.6 Å². The fraction of sp³-hybridized carbons (Fsp3) is 0.667. The van der Waals surface area contributed by atoms with Crippen molar-refractivity contribution in [2.24, 2.45) is 0 Å². The first-order chi connectivity index (χ1) is 9.79. The number of thioether (sulfide) groups is 1. The fourth-order valence-electron chi connectivity index (χ4n) is 2.80. The Morgan fingerprint density at radius 1 is 1.57 bits per heavy atom. The van der Waals surface area contributed by atoms with Crippen LogP contribution in [0.4, 0.5) is 10.7 Å². The van der Waals surface area contributed by atoms with Gasteiger partial charge in [-0.15, -0.1) is 23.1 Å². The molecule has 0 aliphatic carbocycles. The molecule has 1 aromatic rings. The lowest BCUT2D eigenvalue weighted by Gasteiger charge is -2.42. The molecule has 2 heterocycles. The van der Waals surface area contributed by atoms with Crippen molar-refractivity contribution >= 4 is 39.6 Å². The summed E-state index contributed by atoms with van der Waals surface area (Å²) in [6.07, 6.45) is 2.66. The van der Waals surface area contributed by atoms with Gasteiger partial charge in [0.25, 0.3) is 0 Å². The van der Waals surface area contributed by atoms with Gasteiger partial charge in [0, 0.05) is 19.5 Å². The molecule has 21 heavy (non-hydrogen) atoms. The SMILES string of the molecule is CCC(=O)c1sc(N2CC(C)OC(C)(C)C2)c(SC)c1N. The highest BCUT2D eigenvalue weighted by Gasteiger charge is 2.34. The van der Waals surface area contributed by atoms with Crippen LogP contribution in [0.5, 0.6) is 0 Å². The maximum atomic E-state index is 12.1. The van der Waals surface area contributed by atoms with Crippen LogP contribution < -0.4 is 10.6 Å². The summed E-state index contributed by atoms with van der Waals surface area (Å²) < 4.78 is 5.96. The molecule has 1 saturated heterocycles. The van der Waals surface area contributed by atoms with Crippen LogP contribution in [0.1, 0.15) is 43.8 Å². The normalized spacial score (nSPS) is 21.6. The van der Waals surface area contributed by atoms with Crippen LogP contribution in [0.3, 0.4) is 0 Å². The smallest absolute Gasteiger partial charge is 0.174 e. The van der Waals surface area contributed by atoms with E-state index >= 15 is 0 Å². The lowest BCUT2D eigenvalue weighted by atomic mass is 10.1. The molecule has 6 heteroatoms. The van der Waals surface area contributed by atoms with Gasteiger partial charge < -0.3 is 15.4 Å². The Kier molecular flexibility index (Phi) is 4.90. The van der Waals surface area contributed by atoms with Crippen molar-refractivity contribution in [3.8, 4) is 0 Å². The van der Waals surface area contributed by atoms with Crippen LogP contribution in [0.2, 0.25) is 0 Å². The summed E-state index contributed by atoms with van der Waals surface area (Å²) in [5.74, 6) is 0.125. The Hall–Kier alpha value is -0.720. The monoisotopic (exact) mass is 328 g/mol. The summed E-state index contributed by atoms with van der Waals surface area (Å²) >= 11 is 3.14. The molecule has 1 unspecified atom stereocenters. The molecule has 1 aromatic heterocycles. The number of ketones is 1. The van der Waals surface area contributed by atoms with Gasteiger partial charge in [-0.25, -0.2) is 0 Å². The maximum absolute atomic E-state index is 12.1. The molecule has 0 amide bonds. The number of ether oxygens (including phenoxy) is 1. The van der Waals surface area contributed by atoms with E-state index in [1.807, 2.05) is 13.2 Å². The molecule has 118 valence electrons. The van der Waals surface area contributed by atoms with Crippen molar-refractivity contribution in [3.05, 3.63) is 4.88 Å². The van der Waals surface area contributed by atoms with Crippen LogP contribution in [0, 0.1) is 0 Å². The molecular weight excluding hydrogens is 304 g/mol. The van der Waals surface area contributed by atoms with Gasteiger partial charge in [0.05, 0.1) is 27.2 Å². The molecule has 4 nitrogen and oxygen atoms in total. The van der Waals surface area contributed by atoms with Crippen molar-refractivity contribution in [2.45, 2.75) is 50.7 Å². The van der Waals surface area contributed by atoms with Crippen LogP contribution in [-0.2, 0) is 4.74 Å². The van der Waals surface area contributed by atoms with E-state index < -0.39 is 0 Å². The van der Waals surface area contributed by atoms with Crippen molar-refractivity contribution in [2.75, 3.05) is 30.0 Å². The predicted octanol–water partition coefficient (Wildman–Crippen LogP) is 3.65. The van der Waals surface area contributed by atoms with E-state index in [4.69, 9.17) is 10.5 Å². The third-order valence-electron chi connectivity index (χ3n) is 3.52. The number of hydrogen-bond donors (Lipinski definition) is 1. The number of hydrogen-bond acceptors (Lipinski definition) is 6. The number of anilines is 2. The fourth-order valence-corrected chi connectivity index (χ4v) is 5.00. The lowest BCUT2D eigenvalue weighted by Crippen LogP contribution is -2.51. The summed E-state index contributed by atoms with van der Waals surface area (Å²) in [7, 11) is 0. The van der Waals surface area contributed by atoms with E-state index in [9.17, 15) is 4.79 Å². The van der Waals surface area contributed by atoms with E-state index in [2.05, 4.69) is 25.7 Å². The third-order valence-corrected chi connectivity index (χ3v) is 5.78. The number of carbonyl (C=O) groups excluding carboxylic acids is 1. The van der Waals surface area contributed by atoms with Gasteiger partial charge >= 0.3 is 0 Å². The second-order valence-electron chi connectivity index (χ2n) is 6.03. The van der Waals surface area contributed by atoms with Gasteiger partial charge in [-0.3, -0.25) is 4.79 Å². The molecule has 1 aliphatic heterocycles. The van der Waals surface area contributed by atoms with Crippen LogP contribution in [-0.4, -0.2) is 36.8 Å². The largest absolute Gasteiger partial charge is 0.396 e. The molecule has 1 aliphatic rings. The van der Waals surface area contributed by atoms with Gasteiger partial charge in [-0.2, -0.15) is 0 Å². The standard InChI is InChI=1S/C15H24N2O2S2/c1-6-10(18)12-11(16)13(20-5)14(21-12)17-7-9(2)19-15(3,4)8-17/h9H,6-8,16H2,1-5H3. The molecule has 0 saturated carbocycles. The molecule has 2 N–H and O–H groups in total. The predicted molar refractivity (Wildman–Crippen MR) is 92.0 cm³/mol. The Balaban J connectivity index is 2.41. The summed E-state index contributed by atoms with van der Waals surface area (Å²) in [5, 5.41) is 1.11. The quantitative estimate of drug-likeness (QED) is 0.675. The van der Waals surface area contributed by atoms with Gasteiger partial charge in [0.15, 0.2) is 5.78 Å². The van der Waals surface area contributed by atoms with Gasteiger partial charge in [-0.05, 0) is 27.0 Å². The molecule has 0 aromatic carbocycles. The first-order valence-corrected chi connectivity index (χ1v) is 9.25. The van der Waals surface area contributed by atoms with E-state index in [0.29, 0.717) is 17.0 Å². The Labute approximate surface area is 135 Å². The molecule has 1 fully saturated rings. The van der Waals surface area contributed by atoms with Crippen molar-refractivity contribution < 1.29 is 9.53 Å². The third kappa shape index (κ3) is 3.38. The number of nitrogens with zero attached hydrogens (tertiary/aromatic N) is 1. The first kappa shape index (κ1) is 16.6. The number of rotatable bonds is 4. The molecule has 0 radical (unpaired) electrons. The van der Waals surface area contributed by atoms with Gasteiger partial charge in [0.2, 0.25) is 0 Å². The number of carbonyl (C=O) groups is 1. The first-order valence-electron chi connectivity index (χ1n) is 7.21. The van der Waals surface area contributed by atoms with Crippen molar-refractivity contribution in [1.29, 1.82) is 0 Å². The Morgan fingerprint density at radius 2 is 2.24 bits per heavy atom. The molecule has 0 bridgehead atoms. The zero-order chi connectivity index (χ0) is 15.8. The second-order valence-corrected chi connectivity index (χ2v) is 7.84.